The first-order chi connectivity index (χ1) is 15.4. The van der Waals surface area contributed by atoms with Crippen LogP contribution in [0.3, 0.4) is 0 Å². The molecule has 172 valence electrons. The molecule has 1 aliphatic heterocycles. The molecule has 5 nitrogen and oxygen atoms in total. The molecule has 32 heavy (non-hydrogen) atoms. The number of halogens is 1. The van der Waals surface area contributed by atoms with Crippen LogP contribution < -0.4 is 14.4 Å². The van der Waals surface area contributed by atoms with Crippen molar-refractivity contribution in [2.75, 3.05) is 18.0 Å². The third-order valence-electron chi connectivity index (χ3n) is 6.38. The molecule has 2 atom stereocenters. The number of rotatable bonds is 9. The molecule has 2 aromatic rings. The van der Waals surface area contributed by atoms with Crippen LogP contribution in [-0.4, -0.2) is 42.2 Å². The Morgan fingerprint density at radius 2 is 1.94 bits per heavy atom. The van der Waals surface area contributed by atoms with Gasteiger partial charge < -0.3 is 14.4 Å². The van der Waals surface area contributed by atoms with Gasteiger partial charge in [0.25, 0.3) is 0 Å². The molecule has 1 saturated heterocycles. The Hall–Kier alpha value is -2.63. The highest BCUT2D eigenvalue weighted by Gasteiger charge is 2.34. The van der Waals surface area contributed by atoms with Crippen LogP contribution in [0, 0.1) is 5.92 Å². The van der Waals surface area contributed by atoms with Crippen LogP contribution in [0.2, 0.25) is 0 Å². The predicted molar refractivity (Wildman–Crippen MR) is 123 cm³/mol. The number of nitrogens with zero attached hydrogens (tertiary/aromatic N) is 2. The van der Waals surface area contributed by atoms with Gasteiger partial charge in [0.05, 0.1) is 12.6 Å². The van der Waals surface area contributed by atoms with Crippen molar-refractivity contribution in [1.29, 1.82) is 0 Å². The maximum Gasteiger partial charge on any atom is 0.215 e. The highest BCUT2D eigenvalue weighted by Crippen LogP contribution is 2.34. The van der Waals surface area contributed by atoms with Crippen molar-refractivity contribution in [2.45, 2.75) is 70.8 Å². The molecule has 6 heteroatoms. The fourth-order valence-electron chi connectivity index (χ4n) is 4.43. The van der Waals surface area contributed by atoms with Crippen molar-refractivity contribution < 1.29 is 18.7 Å². The summed E-state index contributed by atoms with van der Waals surface area (Å²) in [5, 5.41) is 0. The molecule has 0 bridgehead atoms. The molecule has 4 rings (SSSR count). The van der Waals surface area contributed by atoms with Crippen molar-refractivity contribution in [3.63, 3.8) is 0 Å². The fourth-order valence-corrected chi connectivity index (χ4v) is 4.43. The first kappa shape index (κ1) is 22.6. The minimum atomic E-state index is -0.781. The molecule has 2 aliphatic rings. The van der Waals surface area contributed by atoms with Gasteiger partial charge in [-0.15, -0.1) is 0 Å². The number of pyridine rings is 1. The van der Waals surface area contributed by atoms with Crippen LogP contribution in [0.15, 0.2) is 42.6 Å². The maximum atomic E-state index is 13.0. The van der Waals surface area contributed by atoms with E-state index in [0.717, 1.165) is 36.5 Å². The lowest BCUT2D eigenvalue weighted by atomic mass is 9.77. The molecule has 2 heterocycles. The smallest absolute Gasteiger partial charge is 0.215 e. The molecule has 2 fully saturated rings. The van der Waals surface area contributed by atoms with Crippen LogP contribution in [0.4, 0.5) is 10.1 Å². The fraction of sp³-hybridized carbons (Fsp3) is 0.538. The van der Waals surface area contributed by atoms with Gasteiger partial charge >= 0.3 is 0 Å². The summed E-state index contributed by atoms with van der Waals surface area (Å²) >= 11 is 0. The second-order valence-electron chi connectivity index (χ2n) is 9.40. The number of hydrogen-bond acceptors (Lipinski definition) is 5. The largest absolute Gasteiger partial charge is 0.489 e. The summed E-state index contributed by atoms with van der Waals surface area (Å²) in [6, 6.07) is 12.0. The topological polar surface area (TPSA) is 51.7 Å². The Balaban J connectivity index is 1.28. The van der Waals surface area contributed by atoms with Crippen molar-refractivity contribution in [3.8, 4) is 11.6 Å². The van der Waals surface area contributed by atoms with E-state index in [1.54, 1.807) is 6.20 Å². The maximum absolute atomic E-state index is 13.0. The van der Waals surface area contributed by atoms with Crippen LogP contribution in [0.5, 0.6) is 11.6 Å². The predicted octanol–water partition coefficient (Wildman–Crippen LogP) is 5.34. The van der Waals surface area contributed by atoms with Gasteiger partial charge in [0.15, 0.2) is 0 Å². The lowest BCUT2D eigenvalue weighted by molar-refractivity contribution is -0.127. The summed E-state index contributed by atoms with van der Waals surface area (Å²) in [6.07, 6.45) is 3.45. The third kappa shape index (κ3) is 5.59. The molecule has 1 unspecified atom stereocenters. The SMILES string of the molecule is CC(C)Oc1cc(N2CCC(Oc3ccc([C@H](C)CC(=O)C4CC(F)C4)cc3)C2)ccn1. The molecule has 0 spiro atoms. The molecule has 1 aromatic heterocycles. The number of hydrogen-bond donors (Lipinski definition) is 0. The Morgan fingerprint density at radius 3 is 2.62 bits per heavy atom. The monoisotopic (exact) mass is 440 g/mol. The van der Waals surface area contributed by atoms with Crippen molar-refractivity contribution in [3.05, 3.63) is 48.2 Å². The van der Waals surface area contributed by atoms with E-state index in [1.165, 1.54) is 0 Å². The van der Waals surface area contributed by atoms with Gasteiger partial charge in [0, 0.05) is 43.3 Å². The van der Waals surface area contributed by atoms with E-state index in [0.29, 0.717) is 25.1 Å². The van der Waals surface area contributed by atoms with Crippen LogP contribution >= 0.6 is 0 Å². The molecule has 1 aromatic carbocycles. The number of carbonyl (C=O) groups excluding carboxylic acids is 1. The Bertz CT molecular complexity index is 912. The molecule has 0 radical (unpaired) electrons. The molecule has 1 saturated carbocycles. The number of ether oxygens (including phenoxy) is 2. The van der Waals surface area contributed by atoms with E-state index < -0.39 is 6.17 Å². The normalized spacial score (nSPS) is 23.7. The van der Waals surface area contributed by atoms with Gasteiger partial charge in [-0.2, -0.15) is 0 Å². The zero-order valence-electron chi connectivity index (χ0n) is 19.2. The van der Waals surface area contributed by atoms with Crippen molar-refractivity contribution in [2.24, 2.45) is 5.92 Å². The average Bonchev–Trinajstić information content (AvgIpc) is 3.20. The minimum Gasteiger partial charge on any atom is -0.489 e. The van der Waals surface area contributed by atoms with Crippen LogP contribution in [-0.2, 0) is 4.79 Å². The quantitative estimate of drug-likeness (QED) is 0.527. The number of ketones is 1. The molecular weight excluding hydrogens is 407 g/mol. The minimum absolute atomic E-state index is 0.0752. The number of benzene rings is 1. The van der Waals surface area contributed by atoms with E-state index in [1.807, 2.05) is 50.2 Å². The lowest BCUT2D eigenvalue weighted by Crippen LogP contribution is -2.32. The number of Topliss-reactive ketones (excluding diaryl/α,β-unsaturated/α-hetero) is 1. The Morgan fingerprint density at radius 1 is 1.19 bits per heavy atom. The lowest BCUT2D eigenvalue weighted by Gasteiger charge is -2.29. The first-order valence-electron chi connectivity index (χ1n) is 11.7. The zero-order valence-corrected chi connectivity index (χ0v) is 19.2. The van der Waals surface area contributed by atoms with E-state index >= 15 is 0 Å². The third-order valence-corrected chi connectivity index (χ3v) is 6.38. The van der Waals surface area contributed by atoms with Gasteiger partial charge in [0.2, 0.25) is 5.88 Å². The first-order valence-corrected chi connectivity index (χ1v) is 11.7. The summed E-state index contributed by atoms with van der Waals surface area (Å²) in [7, 11) is 0. The Labute approximate surface area is 189 Å². The summed E-state index contributed by atoms with van der Waals surface area (Å²) in [5.41, 5.74) is 2.21. The number of alkyl halides is 1. The van der Waals surface area contributed by atoms with E-state index in [-0.39, 0.29) is 29.8 Å². The molecule has 0 N–H and O–H groups in total. The molecular formula is C26H33FN2O3. The van der Waals surface area contributed by atoms with E-state index in [2.05, 4.69) is 16.8 Å². The van der Waals surface area contributed by atoms with E-state index in [4.69, 9.17) is 9.47 Å². The van der Waals surface area contributed by atoms with Crippen molar-refractivity contribution in [1.82, 2.24) is 4.98 Å². The summed E-state index contributed by atoms with van der Waals surface area (Å²) < 4.78 is 24.9. The molecule has 1 aliphatic carbocycles. The van der Waals surface area contributed by atoms with Crippen molar-refractivity contribution >= 4 is 11.5 Å². The summed E-state index contributed by atoms with van der Waals surface area (Å²) in [5.74, 6) is 1.74. The summed E-state index contributed by atoms with van der Waals surface area (Å²) in [4.78, 5) is 18.8. The highest BCUT2D eigenvalue weighted by atomic mass is 19.1. The molecule has 0 amide bonds. The van der Waals surface area contributed by atoms with Gasteiger partial charge in [0.1, 0.15) is 23.8 Å². The van der Waals surface area contributed by atoms with Gasteiger partial charge in [-0.1, -0.05) is 19.1 Å². The highest BCUT2D eigenvalue weighted by molar-refractivity contribution is 5.82. The Kier molecular flexibility index (Phi) is 6.97. The van der Waals surface area contributed by atoms with Gasteiger partial charge in [-0.25, -0.2) is 9.37 Å². The number of aromatic nitrogens is 1. The van der Waals surface area contributed by atoms with Crippen LogP contribution in [0.1, 0.15) is 57.9 Å². The summed E-state index contributed by atoms with van der Waals surface area (Å²) in [6.45, 7) is 7.78. The van der Waals surface area contributed by atoms with E-state index in [9.17, 15) is 9.18 Å². The van der Waals surface area contributed by atoms with Crippen LogP contribution in [0.25, 0.3) is 0 Å². The number of anilines is 1. The standard InChI is InChI=1S/C26H33FN2O3/c1-17(2)31-26-15-22(8-10-28-26)29-11-9-24(16-29)32-23-6-4-19(5-7-23)18(3)12-25(30)20-13-21(27)14-20/h4-8,10,15,17-18,20-21,24H,9,11-14,16H2,1-3H3/t18-,20?,21?,24?/m1/s1. The number of carbonyl (C=O) groups is 1. The average molecular weight is 441 g/mol. The van der Waals surface area contributed by atoms with Gasteiger partial charge in [-0.3, -0.25) is 4.79 Å². The van der Waals surface area contributed by atoms with Gasteiger partial charge in [-0.05, 0) is 56.4 Å². The zero-order chi connectivity index (χ0) is 22.7. The second kappa shape index (κ2) is 9.88. The second-order valence-corrected chi connectivity index (χ2v) is 9.40.